The van der Waals surface area contributed by atoms with Crippen molar-refractivity contribution in [2.24, 2.45) is 17.6 Å². The minimum atomic E-state index is 0.160. The van der Waals surface area contributed by atoms with Crippen molar-refractivity contribution in [3.8, 4) is 0 Å². The van der Waals surface area contributed by atoms with Gasteiger partial charge in [0.25, 0.3) is 0 Å². The summed E-state index contributed by atoms with van der Waals surface area (Å²) in [5, 5.41) is 5.20. The number of hydrogen-bond acceptors (Lipinski definition) is 3. The van der Waals surface area contributed by atoms with Crippen molar-refractivity contribution in [2.45, 2.75) is 52.5 Å². The minimum absolute atomic E-state index is 0.160. The first kappa shape index (κ1) is 17.2. The van der Waals surface area contributed by atoms with Crippen molar-refractivity contribution < 1.29 is 4.79 Å². The van der Waals surface area contributed by atoms with Gasteiger partial charge >= 0.3 is 0 Å². The molecule has 0 saturated carbocycles. The molecule has 0 spiro atoms. The third-order valence-electron chi connectivity index (χ3n) is 3.85. The zero-order valence-electron chi connectivity index (χ0n) is 12.9. The predicted octanol–water partition coefficient (Wildman–Crippen LogP) is 3.72. The van der Waals surface area contributed by atoms with Crippen molar-refractivity contribution in [2.75, 3.05) is 6.54 Å². The van der Waals surface area contributed by atoms with Crippen molar-refractivity contribution in [3.05, 3.63) is 22.4 Å². The predicted molar refractivity (Wildman–Crippen MR) is 86.7 cm³/mol. The molecule has 0 bridgehead atoms. The maximum Gasteiger partial charge on any atom is 0.220 e. The van der Waals surface area contributed by atoms with E-state index in [0.29, 0.717) is 24.8 Å². The highest BCUT2D eigenvalue weighted by molar-refractivity contribution is 7.10. The van der Waals surface area contributed by atoms with Crippen molar-refractivity contribution in [1.29, 1.82) is 0 Å². The summed E-state index contributed by atoms with van der Waals surface area (Å²) in [5.41, 5.74) is 5.64. The fourth-order valence-corrected chi connectivity index (χ4v) is 3.33. The highest BCUT2D eigenvalue weighted by Crippen LogP contribution is 2.23. The third kappa shape index (κ3) is 5.63. The zero-order chi connectivity index (χ0) is 15.0. The number of rotatable bonds is 9. The van der Waals surface area contributed by atoms with Gasteiger partial charge in [-0.05, 0) is 49.1 Å². The molecule has 1 amide bonds. The van der Waals surface area contributed by atoms with Gasteiger partial charge in [0.05, 0.1) is 6.04 Å². The monoisotopic (exact) mass is 296 g/mol. The van der Waals surface area contributed by atoms with Crippen LogP contribution in [0.3, 0.4) is 0 Å². The Morgan fingerprint density at radius 2 is 2.15 bits per heavy atom. The number of nitrogens with two attached hydrogens (primary N) is 1. The number of carbonyl (C=O) groups excluding carboxylic acids is 1. The van der Waals surface area contributed by atoms with Crippen LogP contribution < -0.4 is 11.1 Å². The average Bonchev–Trinajstić information content (AvgIpc) is 2.94. The van der Waals surface area contributed by atoms with Crippen molar-refractivity contribution in [3.63, 3.8) is 0 Å². The van der Waals surface area contributed by atoms with E-state index in [1.807, 2.05) is 6.07 Å². The van der Waals surface area contributed by atoms with Gasteiger partial charge in [-0.15, -0.1) is 11.3 Å². The minimum Gasteiger partial charge on any atom is -0.348 e. The van der Waals surface area contributed by atoms with Gasteiger partial charge < -0.3 is 11.1 Å². The lowest BCUT2D eigenvalue weighted by Gasteiger charge is -2.21. The molecule has 0 aliphatic heterocycles. The van der Waals surface area contributed by atoms with Crippen LogP contribution >= 0.6 is 11.3 Å². The quantitative estimate of drug-likeness (QED) is 0.729. The van der Waals surface area contributed by atoms with E-state index in [-0.39, 0.29) is 11.9 Å². The van der Waals surface area contributed by atoms with Gasteiger partial charge in [-0.25, -0.2) is 0 Å². The topological polar surface area (TPSA) is 55.1 Å². The van der Waals surface area contributed by atoms with E-state index in [1.54, 1.807) is 11.3 Å². The molecule has 0 aromatic carbocycles. The molecule has 20 heavy (non-hydrogen) atoms. The first-order valence-electron chi connectivity index (χ1n) is 7.61. The summed E-state index contributed by atoms with van der Waals surface area (Å²) in [7, 11) is 0. The van der Waals surface area contributed by atoms with E-state index >= 15 is 0 Å². The molecule has 2 unspecified atom stereocenters. The first-order valence-corrected chi connectivity index (χ1v) is 8.49. The Morgan fingerprint density at radius 1 is 1.40 bits per heavy atom. The molecule has 114 valence electrons. The van der Waals surface area contributed by atoms with E-state index in [0.717, 1.165) is 19.3 Å². The van der Waals surface area contributed by atoms with E-state index in [2.05, 4.69) is 37.5 Å². The third-order valence-corrected chi connectivity index (χ3v) is 4.84. The molecule has 3 nitrogen and oxygen atoms in total. The largest absolute Gasteiger partial charge is 0.348 e. The number of hydrogen-bond donors (Lipinski definition) is 2. The first-order chi connectivity index (χ1) is 9.58. The maximum absolute atomic E-state index is 12.1. The molecule has 1 rings (SSSR count). The molecular formula is C16H28N2OS. The van der Waals surface area contributed by atoms with Crippen molar-refractivity contribution in [1.82, 2.24) is 5.32 Å². The fourth-order valence-electron chi connectivity index (χ4n) is 2.47. The van der Waals surface area contributed by atoms with E-state index in [9.17, 15) is 4.79 Å². The second-order valence-electron chi connectivity index (χ2n) is 5.66. The number of carbonyl (C=O) groups is 1. The molecule has 0 aliphatic carbocycles. The Labute approximate surface area is 127 Å². The fraction of sp³-hybridized carbons (Fsp3) is 0.688. The molecule has 1 heterocycles. The zero-order valence-corrected chi connectivity index (χ0v) is 13.7. The molecule has 1 aromatic heterocycles. The summed E-state index contributed by atoms with van der Waals surface area (Å²) in [6, 6.07) is 4.28. The highest BCUT2D eigenvalue weighted by Gasteiger charge is 2.17. The maximum atomic E-state index is 12.1. The molecule has 1 aromatic rings. The van der Waals surface area contributed by atoms with Gasteiger partial charge in [-0.2, -0.15) is 0 Å². The molecule has 0 fully saturated rings. The average molecular weight is 296 g/mol. The lowest BCUT2D eigenvalue weighted by Crippen LogP contribution is -2.28. The number of amides is 1. The van der Waals surface area contributed by atoms with Gasteiger partial charge in [0.1, 0.15) is 0 Å². The van der Waals surface area contributed by atoms with Gasteiger partial charge in [0.2, 0.25) is 5.91 Å². The van der Waals surface area contributed by atoms with Gasteiger partial charge in [0.15, 0.2) is 0 Å². The summed E-state index contributed by atoms with van der Waals surface area (Å²) in [6.45, 7) is 7.23. The van der Waals surface area contributed by atoms with Crippen molar-refractivity contribution >= 4 is 17.2 Å². The summed E-state index contributed by atoms with van der Waals surface area (Å²) < 4.78 is 0. The Bertz CT molecular complexity index is 376. The van der Waals surface area contributed by atoms with Crippen LogP contribution in [0.15, 0.2) is 17.5 Å². The highest BCUT2D eigenvalue weighted by atomic mass is 32.1. The molecule has 3 N–H and O–H groups in total. The van der Waals surface area contributed by atoms with Crippen LogP contribution in [0.1, 0.15) is 57.4 Å². The Morgan fingerprint density at radius 3 is 2.65 bits per heavy atom. The molecule has 0 saturated heterocycles. The van der Waals surface area contributed by atoms with E-state index in [1.165, 1.54) is 4.88 Å². The Balaban J connectivity index is 2.42. The van der Waals surface area contributed by atoms with Gasteiger partial charge in [-0.3, -0.25) is 4.79 Å². The van der Waals surface area contributed by atoms with E-state index < -0.39 is 0 Å². The molecule has 2 atom stereocenters. The van der Waals surface area contributed by atoms with E-state index in [4.69, 9.17) is 5.73 Å². The van der Waals surface area contributed by atoms with Crippen LogP contribution in [0, 0.1) is 11.8 Å². The normalized spacial score (nSPS) is 14.2. The number of nitrogens with one attached hydrogen (secondary N) is 1. The SMILES string of the molecule is CCC(NC(=O)CCC(CCN)C(C)C)c1cccs1. The standard InChI is InChI=1S/C16H28N2OS/c1-4-14(15-6-5-11-20-15)18-16(19)8-7-13(9-10-17)12(2)3/h5-6,11-14H,4,7-10,17H2,1-3H3,(H,18,19). The Kier molecular flexibility index (Phi) is 7.85. The lowest BCUT2D eigenvalue weighted by atomic mass is 9.88. The van der Waals surface area contributed by atoms with Crippen LogP contribution in [0.5, 0.6) is 0 Å². The summed E-state index contributed by atoms with van der Waals surface area (Å²) in [5.74, 6) is 1.30. The summed E-state index contributed by atoms with van der Waals surface area (Å²) >= 11 is 1.70. The van der Waals surface area contributed by atoms with Crippen LogP contribution in [-0.2, 0) is 4.79 Å². The summed E-state index contributed by atoms with van der Waals surface area (Å²) in [6.07, 6.45) is 3.47. The molecule has 0 aliphatic rings. The second-order valence-corrected chi connectivity index (χ2v) is 6.64. The van der Waals surface area contributed by atoms with Crippen LogP contribution in [0.4, 0.5) is 0 Å². The Hall–Kier alpha value is -0.870. The number of thiophene rings is 1. The molecular weight excluding hydrogens is 268 g/mol. The van der Waals surface area contributed by atoms with Gasteiger partial charge in [0, 0.05) is 11.3 Å². The lowest BCUT2D eigenvalue weighted by molar-refractivity contribution is -0.122. The summed E-state index contributed by atoms with van der Waals surface area (Å²) in [4.78, 5) is 13.3. The van der Waals surface area contributed by atoms with Crippen LogP contribution in [-0.4, -0.2) is 12.5 Å². The van der Waals surface area contributed by atoms with Crippen LogP contribution in [0.2, 0.25) is 0 Å². The molecule has 0 radical (unpaired) electrons. The van der Waals surface area contributed by atoms with Gasteiger partial charge in [-0.1, -0.05) is 26.8 Å². The molecule has 4 heteroatoms. The smallest absolute Gasteiger partial charge is 0.220 e. The van der Waals surface area contributed by atoms with Crippen LogP contribution in [0.25, 0.3) is 0 Å². The second kappa shape index (κ2) is 9.14.